The Kier molecular flexibility index (Phi) is 17.9. The van der Waals surface area contributed by atoms with E-state index in [-0.39, 0.29) is 96.6 Å². The van der Waals surface area contributed by atoms with Gasteiger partial charge in [-0.3, -0.25) is 48.2 Å². The molecule has 2 aliphatic rings. The molecule has 0 aromatic heterocycles. The molecule has 16 nitrogen and oxygen atoms in total. The maximum atomic E-state index is 13.1. The smallest absolute Gasteiger partial charge is 0.480 e. The number of phosphoric ester groups is 1. The SMILES string of the molecule is Cc1cc(C)c(-c2cc(C)c(OP(=O)(O)OCCCC(C(=O)O)N3CCN(CC(=O)O)CCN(C(C(=O)O)C4CCCCC4)CCN(CC(=O)O)CC3)cc2C)c(C)c1. The number of nitrogens with zero attached hydrogens (tertiary/aromatic N) is 4. The first-order valence-electron chi connectivity index (χ1n) is 20.5. The lowest BCUT2D eigenvalue weighted by molar-refractivity contribution is -0.147. The Labute approximate surface area is 347 Å². The second-order valence-electron chi connectivity index (χ2n) is 16.2. The first-order chi connectivity index (χ1) is 27.8. The number of hydrogen-bond donors (Lipinski definition) is 5. The van der Waals surface area contributed by atoms with Crippen LogP contribution in [0.4, 0.5) is 0 Å². The molecule has 2 fully saturated rings. The highest BCUT2D eigenvalue weighted by atomic mass is 31.2. The molecular weight excluding hydrogens is 783 g/mol. The van der Waals surface area contributed by atoms with Crippen LogP contribution < -0.4 is 4.52 Å². The van der Waals surface area contributed by atoms with E-state index in [1.54, 1.807) is 27.7 Å². The first kappa shape index (κ1) is 47.8. The fourth-order valence-corrected chi connectivity index (χ4v) is 9.61. The van der Waals surface area contributed by atoms with E-state index in [1.165, 1.54) is 0 Å². The molecule has 1 saturated carbocycles. The molecule has 0 amide bonds. The van der Waals surface area contributed by atoms with Crippen LogP contribution in [0, 0.1) is 40.5 Å². The molecule has 2 aromatic rings. The van der Waals surface area contributed by atoms with Gasteiger partial charge in [-0.05, 0) is 112 Å². The van der Waals surface area contributed by atoms with Crippen molar-refractivity contribution in [1.82, 2.24) is 19.6 Å². The predicted molar refractivity (Wildman–Crippen MR) is 222 cm³/mol. The van der Waals surface area contributed by atoms with Crippen LogP contribution in [0.2, 0.25) is 0 Å². The monoisotopic (exact) mass is 846 g/mol. The molecule has 0 spiro atoms. The maximum absolute atomic E-state index is 13.1. The average Bonchev–Trinajstić information content (AvgIpc) is 3.13. The van der Waals surface area contributed by atoms with Crippen molar-refractivity contribution in [3.63, 3.8) is 0 Å². The van der Waals surface area contributed by atoms with Crippen LogP contribution in [-0.2, 0) is 28.3 Å². The fourth-order valence-electron chi connectivity index (χ4n) is 8.75. The molecule has 5 N–H and O–H groups in total. The normalized spacial score (nSPS) is 19.5. The quantitative estimate of drug-likeness (QED) is 0.104. The molecule has 3 atom stereocenters. The summed E-state index contributed by atoms with van der Waals surface area (Å²) in [6, 6.07) is 5.94. The Bertz CT molecular complexity index is 1780. The van der Waals surface area contributed by atoms with Gasteiger partial charge in [-0.1, -0.05) is 37.0 Å². The van der Waals surface area contributed by atoms with Gasteiger partial charge in [0, 0.05) is 52.4 Å². The largest absolute Gasteiger partial charge is 0.527 e. The summed E-state index contributed by atoms with van der Waals surface area (Å²) in [6.45, 7) is 10.3. The first-order valence-corrected chi connectivity index (χ1v) is 22.0. The van der Waals surface area contributed by atoms with E-state index in [2.05, 4.69) is 12.1 Å². The second kappa shape index (κ2) is 22.1. The van der Waals surface area contributed by atoms with E-state index in [1.807, 2.05) is 38.7 Å². The second-order valence-corrected chi connectivity index (χ2v) is 17.6. The van der Waals surface area contributed by atoms with Gasteiger partial charge in [0.05, 0.1) is 19.7 Å². The number of benzene rings is 2. The van der Waals surface area contributed by atoms with Gasteiger partial charge < -0.3 is 24.9 Å². The third kappa shape index (κ3) is 14.4. The minimum absolute atomic E-state index is 0.00470. The van der Waals surface area contributed by atoms with Gasteiger partial charge in [0.1, 0.15) is 17.8 Å². The van der Waals surface area contributed by atoms with Gasteiger partial charge >= 0.3 is 31.7 Å². The third-order valence-electron chi connectivity index (χ3n) is 11.6. The van der Waals surface area contributed by atoms with Crippen molar-refractivity contribution in [3.8, 4) is 16.9 Å². The van der Waals surface area contributed by atoms with E-state index >= 15 is 0 Å². The summed E-state index contributed by atoms with van der Waals surface area (Å²) in [5.74, 6) is -4.16. The lowest BCUT2D eigenvalue weighted by atomic mass is 9.83. The minimum atomic E-state index is -4.62. The van der Waals surface area contributed by atoms with Crippen LogP contribution in [0.3, 0.4) is 0 Å². The number of hydrogen-bond acceptors (Lipinski definition) is 11. The Hall–Kier alpha value is -3.89. The van der Waals surface area contributed by atoms with E-state index < -0.39 is 43.8 Å². The van der Waals surface area contributed by atoms with E-state index in [4.69, 9.17) is 9.05 Å². The molecule has 1 aliphatic carbocycles. The molecule has 17 heteroatoms. The van der Waals surface area contributed by atoms with Crippen LogP contribution in [0.5, 0.6) is 5.75 Å². The van der Waals surface area contributed by atoms with Crippen LogP contribution in [0.1, 0.15) is 72.8 Å². The number of carboxylic acid groups (broad SMARTS) is 4. The summed E-state index contributed by atoms with van der Waals surface area (Å²) in [4.78, 5) is 66.7. The summed E-state index contributed by atoms with van der Waals surface area (Å²) in [5, 5.41) is 40.2. The average molecular weight is 847 g/mol. The number of rotatable bonds is 17. The van der Waals surface area contributed by atoms with Gasteiger partial charge in [-0.25, -0.2) is 4.57 Å². The standard InChI is InChI=1S/C42H63N4O12P/c1-28-22-31(4)39(32(5)23-28)34-24-30(3)36(25-29(34)2)58-59(55,56)57-21-9-12-35(41(51)52)45-17-13-43(26-37(47)48)15-19-46(20-16-44(14-18-45)27-38(49)50)40(42(53)54)33-10-7-6-8-11-33/h22-25,33,35,40H,6-21,26-27H2,1-5H3,(H,47,48)(H,49,50)(H,51,52)(H,53,54)(H,55,56). The van der Waals surface area contributed by atoms with Crippen molar-refractivity contribution in [2.75, 3.05) is 72.1 Å². The molecule has 1 heterocycles. The molecule has 2 aromatic carbocycles. The van der Waals surface area contributed by atoms with Gasteiger partial charge in [-0.15, -0.1) is 0 Å². The predicted octanol–water partition coefficient (Wildman–Crippen LogP) is 5.05. The Balaban J connectivity index is 1.45. The highest BCUT2D eigenvalue weighted by Crippen LogP contribution is 2.46. The van der Waals surface area contributed by atoms with Crippen LogP contribution in [0.25, 0.3) is 11.1 Å². The topological polar surface area (TPSA) is 218 Å². The van der Waals surface area contributed by atoms with Crippen molar-refractivity contribution in [3.05, 3.63) is 52.1 Å². The zero-order valence-electron chi connectivity index (χ0n) is 35.1. The van der Waals surface area contributed by atoms with Gasteiger partial charge in [0.15, 0.2) is 0 Å². The van der Waals surface area contributed by atoms with Gasteiger partial charge in [0.25, 0.3) is 0 Å². The lowest BCUT2D eigenvalue weighted by Crippen LogP contribution is -2.54. The van der Waals surface area contributed by atoms with Crippen molar-refractivity contribution in [2.45, 2.75) is 91.6 Å². The Morgan fingerprint density at radius 3 is 1.71 bits per heavy atom. The lowest BCUT2D eigenvalue weighted by Gasteiger charge is -2.39. The molecule has 59 heavy (non-hydrogen) atoms. The molecule has 1 aliphatic heterocycles. The molecule has 0 radical (unpaired) electrons. The van der Waals surface area contributed by atoms with Crippen molar-refractivity contribution in [2.24, 2.45) is 5.92 Å². The highest BCUT2D eigenvalue weighted by Gasteiger charge is 2.36. The van der Waals surface area contributed by atoms with Gasteiger partial charge in [0.2, 0.25) is 0 Å². The summed E-state index contributed by atoms with van der Waals surface area (Å²) < 4.78 is 24.0. The van der Waals surface area contributed by atoms with Gasteiger partial charge in [-0.2, -0.15) is 0 Å². The van der Waals surface area contributed by atoms with Crippen molar-refractivity contribution < 1.29 is 58.1 Å². The van der Waals surface area contributed by atoms with E-state index in [0.717, 1.165) is 65.5 Å². The summed E-state index contributed by atoms with van der Waals surface area (Å²) in [5.41, 5.74) is 6.95. The van der Waals surface area contributed by atoms with E-state index in [0.29, 0.717) is 5.56 Å². The Morgan fingerprint density at radius 2 is 1.22 bits per heavy atom. The molecular formula is C42H63N4O12P. The van der Waals surface area contributed by atoms with Crippen molar-refractivity contribution >= 4 is 31.7 Å². The van der Waals surface area contributed by atoms with Crippen LogP contribution in [0.15, 0.2) is 24.3 Å². The molecule has 4 rings (SSSR count). The number of phosphoric acid groups is 1. The fraction of sp³-hybridized carbons (Fsp3) is 0.619. The number of aryl methyl sites for hydroxylation is 5. The zero-order chi connectivity index (χ0) is 43.4. The van der Waals surface area contributed by atoms with E-state index in [9.17, 15) is 49.1 Å². The minimum Gasteiger partial charge on any atom is -0.480 e. The van der Waals surface area contributed by atoms with Crippen LogP contribution >= 0.6 is 7.82 Å². The number of carboxylic acids is 4. The summed E-state index contributed by atoms with van der Waals surface area (Å²) >= 11 is 0. The third-order valence-corrected chi connectivity index (χ3v) is 12.5. The number of carbonyl (C=O) groups is 4. The maximum Gasteiger partial charge on any atom is 0.527 e. The molecule has 328 valence electrons. The molecule has 1 saturated heterocycles. The number of aliphatic carboxylic acids is 4. The Morgan fingerprint density at radius 1 is 0.695 bits per heavy atom. The summed E-state index contributed by atoms with van der Waals surface area (Å²) in [6.07, 6.45) is 4.52. The van der Waals surface area contributed by atoms with Crippen molar-refractivity contribution in [1.29, 1.82) is 0 Å². The van der Waals surface area contributed by atoms with Crippen LogP contribution in [-0.4, -0.2) is 153 Å². The molecule has 3 unspecified atom stereocenters. The molecule has 0 bridgehead atoms. The summed E-state index contributed by atoms with van der Waals surface area (Å²) in [7, 11) is -4.62. The zero-order valence-corrected chi connectivity index (χ0v) is 36.0. The highest BCUT2D eigenvalue weighted by molar-refractivity contribution is 7.47.